The number of benzene rings is 1. The molecule has 0 atom stereocenters. The second-order valence-corrected chi connectivity index (χ2v) is 5.95. The van der Waals surface area contributed by atoms with Gasteiger partial charge in [0, 0.05) is 5.54 Å². The number of rotatable bonds is 6. The zero-order valence-electron chi connectivity index (χ0n) is 12.4. The Kier molecular flexibility index (Phi) is 6.46. The van der Waals surface area contributed by atoms with Crippen molar-refractivity contribution in [3.63, 3.8) is 0 Å². The molecule has 0 aromatic heterocycles. The molecule has 1 nitrogen and oxygen atoms in total. The molecule has 20 heavy (non-hydrogen) atoms. The van der Waals surface area contributed by atoms with Crippen LogP contribution in [0.1, 0.15) is 56.9 Å². The molecule has 1 aromatic rings. The molecule has 2 rings (SSSR count). The van der Waals surface area contributed by atoms with Crippen molar-refractivity contribution in [3.8, 4) is 5.75 Å². The number of hydrogen-bond donors (Lipinski definition) is 0. The van der Waals surface area contributed by atoms with E-state index in [2.05, 4.69) is 37.3 Å². The SMILES string of the molecule is CCCCOc1ccc(C2CCC(C=CCl)CC2)cc1. The molecule has 1 aromatic carbocycles. The molecule has 0 bridgehead atoms. The van der Waals surface area contributed by atoms with Gasteiger partial charge in [0.25, 0.3) is 0 Å². The Morgan fingerprint density at radius 2 is 1.85 bits per heavy atom. The Balaban J connectivity index is 1.84. The average Bonchev–Trinajstić information content (AvgIpc) is 2.49. The summed E-state index contributed by atoms with van der Waals surface area (Å²) in [5.74, 6) is 2.39. The highest BCUT2D eigenvalue weighted by atomic mass is 35.5. The van der Waals surface area contributed by atoms with E-state index in [1.54, 1.807) is 5.54 Å². The van der Waals surface area contributed by atoms with Gasteiger partial charge in [-0.1, -0.05) is 43.2 Å². The topological polar surface area (TPSA) is 9.23 Å². The van der Waals surface area contributed by atoms with Crippen molar-refractivity contribution in [3.05, 3.63) is 41.4 Å². The lowest BCUT2D eigenvalue weighted by Crippen LogP contribution is -2.11. The van der Waals surface area contributed by atoms with Crippen molar-refractivity contribution in [2.75, 3.05) is 6.61 Å². The van der Waals surface area contributed by atoms with Crippen LogP contribution in [0.4, 0.5) is 0 Å². The van der Waals surface area contributed by atoms with Gasteiger partial charge in [0.05, 0.1) is 6.61 Å². The lowest BCUT2D eigenvalue weighted by Gasteiger charge is -2.27. The molecule has 0 unspecified atom stereocenters. The van der Waals surface area contributed by atoms with E-state index in [1.807, 2.05) is 0 Å². The van der Waals surface area contributed by atoms with Gasteiger partial charge in [0.1, 0.15) is 5.75 Å². The van der Waals surface area contributed by atoms with E-state index >= 15 is 0 Å². The highest BCUT2D eigenvalue weighted by Gasteiger charge is 2.20. The van der Waals surface area contributed by atoms with Crippen LogP contribution in [0.2, 0.25) is 0 Å². The van der Waals surface area contributed by atoms with E-state index < -0.39 is 0 Å². The number of unbranched alkanes of at least 4 members (excludes halogenated alkanes) is 1. The van der Waals surface area contributed by atoms with E-state index in [-0.39, 0.29) is 0 Å². The first-order valence-electron chi connectivity index (χ1n) is 7.83. The second kappa shape index (κ2) is 8.36. The second-order valence-electron chi connectivity index (χ2n) is 5.70. The van der Waals surface area contributed by atoms with Crippen molar-refractivity contribution >= 4 is 11.6 Å². The number of allylic oxidation sites excluding steroid dienone is 1. The molecule has 2 heteroatoms. The van der Waals surface area contributed by atoms with Crippen LogP contribution in [0.5, 0.6) is 5.75 Å². The third-order valence-electron chi connectivity index (χ3n) is 4.23. The van der Waals surface area contributed by atoms with Gasteiger partial charge >= 0.3 is 0 Å². The molecule has 0 N–H and O–H groups in total. The largest absolute Gasteiger partial charge is 0.494 e. The Labute approximate surface area is 128 Å². The number of ether oxygens (including phenoxy) is 1. The van der Waals surface area contributed by atoms with Gasteiger partial charge in [-0.05, 0) is 61.6 Å². The van der Waals surface area contributed by atoms with Crippen LogP contribution >= 0.6 is 11.6 Å². The Morgan fingerprint density at radius 3 is 2.45 bits per heavy atom. The summed E-state index contributed by atoms with van der Waals surface area (Å²) < 4.78 is 5.71. The van der Waals surface area contributed by atoms with Crippen LogP contribution in [-0.2, 0) is 0 Å². The van der Waals surface area contributed by atoms with Crippen molar-refractivity contribution in [1.82, 2.24) is 0 Å². The number of halogens is 1. The molecule has 1 aliphatic rings. The fourth-order valence-electron chi connectivity index (χ4n) is 2.92. The van der Waals surface area contributed by atoms with E-state index in [1.165, 1.54) is 37.7 Å². The highest BCUT2D eigenvalue weighted by Crippen LogP contribution is 2.36. The van der Waals surface area contributed by atoms with Gasteiger partial charge in [-0.2, -0.15) is 0 Å². The van der Waals surface area contributed by atoms with Gasteiger partial charge in [-0.3, -0.25) is 0 Å². The molecule has 0 amide bonds. The Bertz CT molecular complexity index is 402. The van der Waals surface area contributed by atoms with Gasteiger partial charge in [-0.15, -0.1) is 0 Å². The molecule has 1 aliphatic carbocycles. The van der Waals surface area contributed by atoms with Crippen molar-refractivity contribution in [1.29, 1.82) is 0 Å². The third-order valence-corrected chi connectivity index (χ3v) is 4.38. The normalized spacial score (nSPS) is 23.1. The molecule has 0 spiro atoms. The smallest absolute Gasteiger partial charge is 0.119 e. The lowest BCUT2D eigenvalue weighted by atomic mass is 9.79. The minimum absolute atomic E-state index is 0.681. The van der Waals surface area contributed by atoms with E-state index in [4.69, 9.17) is 16.3 Å². The van der Waals surface area contributed by atoms with Crippen molar-refractivity contribution in [2.24, 2.45) is 5.92 Å². The van der Waals surface area contributed by atoms with Gasteiger partial charge < -0.3 is 4.74 Å². The summed E-state index contributed by atoms with van der Waals surface area (Å²) in [6, 6.07) is 8.72. The van der Waals surface area contributed by atoms with Gasteiger partial charge in [0.2, 0.25) is 0 Å². The summed E-state index contributed by atoms with van der Waals surface area (Å²) in [4.78, 5) is 0. The minimum Gasteiger partial charge on any atom is -0.494 e. The minimum atomic E-state index is 0.681. The Morgan fingerprint density at radius 1 is 1.15 bits per heavy atom. The zero-order chi connectivity index (χ0) is 14.2. The predicted octanol–water partition coefficient (Wildman–Crippen LogP) is 5.89. The standard InChI is InChI=1S/C18H25ClO/c1-2-3-14-20-18-10-8-17(9-11-18)16-6-4-15(5-7-16)12-13-19/h8-13,15-16H,2-7,14H2,1H3. The van der Waals surface area contributed by atoms with Crippen LogP contribution in [-0.4, -0.2) is 6.61 Å². The molecule has 1 saturated carbocycles. The maximum absolute atomic E-state index is 5.71. The van der Waals surface area contributed by atoms with Gasteiger partial charge in [0.15, 0.2) is 0 Å². The first-order valence-corrected chi connectivity index (χ1v) is 8.26. The molecule has 0 heterocycles. The van der Waals surface area contributed by atoms with Crippen LogP contribution in [0.25, 0.3) is 0 Å². The highest BCUT2D eigenvalue weighted by molar-refractivity contribution is 6.25. The molecule has 1 fully saturated rings. The fraction of sp³-hybridized carbons (Fsp3) is 0.556. The molecule has 0 radical (unpaired) electrons. The van der Waals surface area contributed by atoms with Crippen LogP contribution in [0, 0.1) is 5.92 Å². The van der Waals surface area contributed by atoms with Gasteiger partial charge in [-0.25, -0.2) is 0 Å². The first kappa shape index (κ1) is 15.4. The summed E-state index contributed by atoms with van der Waals surface area (Å²) in [6.45, 7) is 3.01. The van der Waals surface area contributed by atoms with Crippen molar-refractivity contribution in [2.45, 2.75) is 51.4 Å². The summed E-state index contributed by atoms with van der Waals surface area (Å²) in [6.07, 6.45) is 9.48. The fourth-order valence-corrected chi connectivity index (χ4v) is 3.12. The average molecular weight is 293 g/mol. The lowest BCUT2D eigenvalue weighted by molar-refractivity contribution is 0.309. The summed E-state index contributed by atoms with van der Waals surface area (Å²) >= 11 is 5.66. The maximum atomic E-state index is 5.71. The van der Waals surface area contributed by atoms with E-state index in [9.17, 15) is 0 Å². The Hall–Kier alpha value is -0.950. The molecule has 0 saturated heterocycles. The van der Waals surface area contributed by atoms with Crippen LogP contribution in [0.15, 0.2) is 35.9 Å². The molecule has 110 valence electrons. The summed E-state index contributed by atoms with van der Waals surface area (Å²) in [5.41, 5.74) is 3.13. The summed E-state index contributed by atoms with van der Waals surface area (Å²) in [5, 5.41) is 0. The van der Waals surface area contributed by atoms with Crippen molar-refractivity contribution < 1.29 is 4.74 Å². The quantitative estimate of drug-likeness (QED) is 0.594. The first-order chi connectivity index (χ1) is 9.83. The zero-order valence-corrected chi connectivity index (χ0v) is 13.1. The third kappa shape index (κ3) is 4.56. The van der Waals surface area contributed by atoms with E-state index in [0.717, 1.165) is 18.8 Å². The molecule has 0 aliphatic heterocycles. The monoisotopic (exact) mass is 292 g/mol. The predicted molar refractivity (Wildman–Crippen MR) is 86.5 cm³/mol. The molecular weight excluding hydrogens is 268 g/mol. The van der Waals surface area contributed by atoms with Crippen LogP contribution < -0.4 is 4.74 Å². The number of hydrogen-bond acceptors (Lipinski definition) is 1. The molecular formula is C18H25ClO. The maximum Gasteiger partial charge on any atom is 0.119 e. The van der Waals surface area contributed by atoms with E-state index in [0.29, 0.717) is 11.8 Å². The summed E-state index contributed by atoms with van der Waals surface area (Å²) in [7, 11) is 0. The van der Waals surface area contributed by atoms with Crippen LogP contribution in [0.3, 0.4) is 0 Å².